The van der Waals surface area contributed by atoms with Crippen molar-refractivity contribution >= 4 is 25.6 Å². The summed E-state index contributed by atoms with van der Waals surface area (Å²) in [6.45, 7) is 0.574. The average molecular weight is 322 g/mol. The molecule has 20 heavy (non-hydrogen) atoms. The number of nitrogens with one attached hydrogen (secondary N) is 1. The fraction of sp³-hybridized carbons (Fsp3) is 0.417. The van der Waals surface area contributed by atoms with Crippen molar-refractivity contribution in [3.8, 4) is 5.75 Å². The molecule has 0 bridgehead atoms. The first-order valence-electron chi connectivity index (χ1n) is 6.06. The number of benzene rings is 1. The lowest BCUT2D eigenvalue weighted by atomic mass is 10.2. The van der Waals surface area contributed by atoms with Gasteiger partial charge in [0, 0.05) is 17.2 Å². The molecule has 1 aliphatic heterocycles. The second kappa shape index (κ2) is 5.97. The summed E-state index contributed by atoms with van der Waals surface area (Å²) in [5, 5.41) is 2.67. The Kier molecular flexibility index (Phi) is 4.49. The van der Waals surface area contributed by atoms with Crippen LogP contribution < -0.4 is 10.1 Å². The Morgan fingerprint density at radius 1 is 1.35 bits per heavy atom. The van der Waals surface area contributed by atoms with Gasteiger partial charge >= 0.3 is 0 Å². The van der Waals surface area contributed by atoms with E-state index in [4.69, 9.17) is 15.4 Å². The molecule has 1 aliphatic rings. The van der Waals surface area contributed by atoms with Crippen molar-refractivity contribution < 1.29 is 22.3 Å². The highest BCUT2D eigenvalue weighted by atomic mass is 35.7. The van der Waals surface area contributed by atoms with E-state index < -0.39 is 21.0 Å². The monoisotopic (exact) mass is 321 g/mol. The standard InChI is InChI=1S/C12H13ClFNO4S/c13-20(17,18)8-4-5-10(9(14)7-8)19-11-3-1-2-6-15-12(11)16/h4-5,7,11H,1-3,6H2,(H,15,16). The van der Waals surface area contributed by atoms with Crippen LogP contribution in [0, 0.1) is 5.82 Å². The van der Waals surface area contributed by atoms with Gasteiger partial charge in [-0.1, -0.05) is 0 Å². The van der Waals surface area contributed by atoms with E-state index >= 15 is 0 Å². The summed E-state index contributed by atoms with van der Waals surface area (Å²) in [5.74, 6) is -1.34. The molecule has 1 aromatic carbocycles. The number of hydrogen-bond acceptors (Lipinski definition) is 4. The first kappa shape index (κ1) is 15.1. The second-order valence-electron chi connectivity index (χ2n) is 4.42. The molecule has 0 spiro atoms. The molecule has 0 saturated carbocycles. The molecule has 2 rings (SSSR count). The maximum atomic E-state index is 13.8. The van der Waals surface area contributed by atoms with Gasteiger partial charge in [0.15, 0.2) is 17.7 Å². The maximum Gasteiger partial charge on any atom is 0.261 e. The number of amides is 1. The first-order chi connectivity index (χ1) is 9.38. The lowest BCUT2D eigenvalue weighted by molar-refractivity contribution is -0.127. The summed E-state index contributed by atoms with van der Waals surface area (Å²) in [7, 11) is 1.13. The number of carbonyl (C=O) groups is 1. The molecule has 1 aromatic rings. The minimum absolute atomic E-state index is 0.170. The largest absolute Gasteiger partial charge is 0.478 e. The third-order valence-corrected chi connectivity index (χ3v) is 4.29. The number of halogens is 2. The van der Waals surface area contributed by atoms with Crippen molar-refractivity contribution in [1.29, 1.82) is 0 Å². The van der Waals surface area contributed by atoms with Crippen LogP contribution in [0.5, 0.6) is 5.75 Å². The van der Waals surface area contributed by atoms with Crippen LogP contribution in [0.1, 0.15) is 19.3 Å². The van der Waals surface area contributed by atoms with E-state index in [1.165, 1.54) is 0 Å². The summed E-state index contributed by atoms with van der Waals surface area (Å²) in [4.78, 5) is 11.3. The third-order valence-electron chi connectivity index (χ3n) is 2.94. The smallest absolute Gasteiger partial charge is 0.261 e. The molecular weight excluding hydrogens is 309 g/mol. The summed E-state index contributed by atoms with van der Waals surface area (Å²) in [6.07, 6.45) is 1.35. The van der Waals surface area contributed by atoms with Gasteiger partial charge in [-0.15, -0.1) is 0 Å². The summed E-state index contributed by atoms with van der Waals surface area (Å²) in [5.41, 5.74) is 0. The van der Waals surface area contributed by atoms with Crippen LogP contribution >= 0.6 is 10.7 Å². The van der Waals surface area contributed by atoms with E-state index in [0.717, 1.165) is 31.0 Å². The van der Waals surface area contributed by atoms with Crippen molar-refractivity contribution in [2.75, 3.05) is 6.54 Å². The summed E-state index contributed by atoms with van der Waals surface area (Å²) >= 11 is 0. The van der Waals surface area contributed by atoms with Crippen LogP contribution in [-0.2, 0) is 13.8 Å². The lowest BCUT2D eigenvalue weighted by Crippen LogP contribution is -2.36. The molecule has 0 radical (unpaired) electrons. The number of hydrogen-bond donors (Lipinski definition) is 1. The van der Waals surface area contributed by atoms with Gasteiger partial charge in [-0.05, 0) is 37.5 Å². The van der Waals surface area contributed by atoms with Gasteiger partial charge < -0.3 is 10.1 Å². The van der Waals surface area contributed by atoms with Crippen molar-refractivity contribution in [2.24, 2.45) is 0 Å². The molecule has 5 nitrogen and oxygen atoms in total. The minimum Gasteiger partial charge on any atom is -0.478 e. The molecule has 1 saturated heterocycles. The highest BCUT2D eigenvalue weighted by molar-refractivity contribution is 8.13. The van der Waals surface area contributed by atoms with E-state index in [2.05, 4.69) is 5.32 Å². The van der Waals surface area contributed by atoms with Crippen molar-refractivity contribution in [1.82, 2.24) is 5.32 Å². The molecule has 1 atom stereocenters. The summed E-state index contributed by atoms with van der Waals surface area (Å²) < 4.78 is 41.3. The Hall–Kier alpha value is -1.34. The first-order valence-corrected chi connectivity index (χ1v) is 8.37. The van der Waals surface area contributed by atoms with Crippen LogP contribution in [0.2, 0.25) is 0 Å². The molecule has 1 N–H and O–H groups in total. The highest BCUT2D eigenvalue weighted by Gasteiger charge is 2.24. The molecule has 1 heterocycles. The Balaban J connectivity index is 2.19. The highest BCUT2D eigenvalue weighted by Crippen LogP contribution is 2.25. The van der Waals surface area contributed by atoms with Gasteiger partial charge in [0.05, 0.1) is 4.90 Å². The average Bonchev–Trinajstić information content (AvgIpc) is 2.56. The molecule has 0 aliphatic carbocycles. The van der Waals surface area contributed by atoms with Crippen LogP contribution in [0.3, 0.4) is 0 Å². The van der Waals surface area contributed by atoms with E-state index in [0.29, 0.717) is 13.0 Å². The minimum atomic E-state index is -3.99. The Morgan fingerprint density at radius 3 is 2.75 bits per heavy atom. The zero-order valence-corrected chi connectivity index (χ0v) is 12.0. The molecular formula is C12H13ClFNO4S. The fourth-order valence-corrected chi connectivity index (χ4v) is 2.67. The molecule has 1 unspecified atom stereocenters. The SMILES string of the molecule is O=C1NCCCCC1Oc1ccc(S(=O)(=O)Cl)cc1F. The predicted molar refractivity (Wildman–Crippen MR) is 70.7 cm³/mol. The van der Waals surface area contributed by atoms with Crippen LogP contribution in [-0.4, -0.2) is 27.0 Å². The zero-order chi connectivity index (χ0) is 14.8. The van der Waals surface area contributed by atoms with E-state index in [-0.39, 0.29) is 16.6 Å². The summed E-state index contributed by atoms with van der Waals surface area (Å²) in [6, 6.07) is 3.06. The van der Waals surface area contributed by atoms with Gasteiger partial charge in [0.1, 0.15) is 0 Å². The normalized spacial score (nSPS) is 20.1. The topological polar surface area (TPSA) is 72.5 Å². The Bertz CT molecular complexity index is 620. The fourth-order valence-electron chi connectivity index (χ4n) is 1.91. The van der Waals surface area contributed by atoms with Gasteiger partial charge in [-0.3, -0.25) is 4.79 Å². The van der Waals surface area contributed by atoms with Gasteiger partial charge in [0.2, 0.25) is 0 Å². The van der Waals surface area contributed by atoms with E-state index in [1.807, 2.05) is 0 Å². The molecule has 1 amide bonds. The predicted octanol–water partition coefficient (Wildman–Crippen LogP) is 1.80. The molecule has 110 valence electrons. The van der Waals surface area contributed by atoms with E-state index in [1.54, 1.807) is 0 Å². The van der Waals surface area contributed by atoms with Crippen LogP contribution in [0.25, 0.3) is 0 Å². The third kappa shape index (κ3) is 3.61. The van der Waals surface area contributed by atoms with Gasteiger partial charge in [-0.25, -0.2) is 12.8 Å². The maximum absolute atomic E-state index is 13.8. The Morgan fingerprint density at radius 2 is 2.10 bits per heavy atom. The van der Waals surface area contributed by atoms with Crippen molar-refractivity contribution in [3.63, 3.8) is 0 Å². The Labute approximate surface area is 120 Å². The second-order valence-corrected chi connectivity index (χ2v) is 6.99. The molecule has 1 fully saturated rings. The van der Waals surface area contributed by atoms with Crippen LogP contribution in [0.15, 0.2) is 23.1 Å². The number of ether oxygens (including phenoxy) is 1. The quantitative estimate of drug-likeness (QED) is 0.862. The number of rotatable bonds is 3. The van der Waals surface area contributed by atoms with Gasteiger partial charge in [0.25, 0.3) is 15.0 Å². The zero-order valence-electron chi connectivity index (χ0n) is 10.4. The lowest BCUT2D eigenvalue weighted by Gasteiger charge is -2.16. The number of carbonyl (C=O) groups excluding carboxylic acids is 1. The van der Waals surface area contributed by atoms with E-state index in [9.17, 15) is 17.6 Å². The van der Waals surface area contributed by atoms with Crippen LogP contribution in [0.4, 0.5) is 4.39 Å². The van der Waals surface area contributed by atoms with Crippen molar-refractivity contribution in [2.45, 2.75) is 30.3 Å². The van der Waals surface area contributed by atoms with Crippen molar-refractivity contribution in [3.05, 3.63) is 24.0 Å². The van der Waals surface area contributed by atoms with Gasteiger partial charge in [-0.2, -0.15) is 0 Å². The molecule has 0 aromatic heterocycles. The molecule has 8 heteroatoms.